The minimum absolute atomic E-state index is 0.269. The van der Waals surface area contributed by atoms with Crippen LogP contribution in [-0.2, 0) is 11.3 Å². The molecule has 3 aromatic rings. The highest BCUT2D eigenvalue weighted by atomic mass is 16.5. The summed E-state index contributed by atoms with van der Waals surface area (Å²) in [5.74, 6) is 7.86. The van der Waals surface area contributed by atoms with Crippen LogP contribution in [0.3, 0.4) is 0 Å². The maximum Gasteiger partial charge on any atom is 0.318 e. The number of hydrogen-bond donors (Lipinski definition) is 2. The third-order valence-corrected chi connectivity index (χ3v) is 5.41. The maximum atomic E-state index is 11.6. The number of aryl methyl sites for hydroxylation is 1. The molecule has 0 radical (unpaired) electrons. The van der Waals surface area contributed by atoms with Gasteiger partial charge in [-0.2, -0.15) is 5.10 Å². The summed E-state index contributed by atoms with van der Waals surface area (Å²) in [7, 11) is 5.55. The normalized spacial score (nSPS) is 13.6. The number of carbonyl (C=O) groups excluding carboxylic acids is 1. The van der Waals surface area contributed by atoms with Gasteiger partial charge in [-0.1, -0.05) is 5.92 Å². The molecule has 1 aliphatic heterocycles. The number of rotatable bonds is 5. The fourth-order valence-corrected chi connectivity index (χ4v) is 3.67. The van der Waals surface area contributed by atoms with Crippen molar-refractivity contribution in [3.63, 3.8) is 0 Å². The van der Waals surface area contributed by atoms with Gasteiger partial charge < -0.3 is 20.3 Å². The van der Waals surface area contributed by atoms with Gasteiger partial charge in [0.05, 0.1) is 25.1 Å². The fourth-order valence-electron chi connectivity index (χ4n) is 3.67. The predicted octanol–water partition coefficient (Wildman–Crippen LogP) is 2.01. The number of nitrogens with one attached hydrogen (secondary N) is 2. The van der Waals surface area contributed by atoms with Crippen LogP contribution in [0.4, 0.5) is 16.3 Å². The average Bonchev–Trinajstić information content (AvgIpc) is 3.22. The Bertz CT molecular complexity index is 1220. The lowest BCUT2D eigenvalue weighted by Gasteiger charge is -2.28. The third kappa shape index (κ3) is 5.11. The van der Waals surface area contributed by atoms with E-state index < -0.39 is 0 Å². The topological polar surface area (TPSA) is 100 Å². The molecule has 2 aromatic heterocycles. The van der Waals surface area contributed by atoms with Gasteiger partial charge in [0.25, 0.3) is 0 Å². The van der Waals surface area contributed by atoms with Gasteiger partial charge in [0, 0.05) is 37.9 Å². The zero-order valence-electron chi connectivity index (χ0n) is 20.1. The van der Waals surface area contributed by atoms with E-state index in [4.69, 9.17) is 19.8 Å². The van der Waals surface area contributed by atoms with Crippen LogP contribution in [0.5, 0.6) is 0 Å². The smallest absolute Gasteiger partial charge is 0.318 e. The van der Waals surface area contributed by atoms with E-state index in [0.29, 0.717) is 43.5 Å². The Morgan fingerprint density at radius 2 is 1.91 bits per heavy atom. The number of aromatic nitrogens is 4. The number of hydrogen-bond acceptors (Lipinski definition) is 7. The van der Waals surface area contributed by atoms with Gasteiger partial charge in [-0.05, 0) is 51.2 Å². The van der Waals surface area contributed by atoms with Crippen LogP contribution >= 0.6 is 0 Å². The molecule has 0 bridgehead atoms. The summed E-state index contributed by atoms with van der Waals surface area (Å²) in [6, 6.07) is 7.21. The summed E-state index contributed by atoms with van der Waals surface area (Å²) in [5.41, 5.74) is 2.99. The molecule has 0 spiro atoms. The quantitative estimate of drug-likeness (QED) is 0.560. The summed E-state index contributed by atoms with van der Waals surface area (Å²) in [6.45, 7) is 6.11. The Hall–Kier alpha value is -3.68. The fraction of sp³-hybridized carbons (Fsp3) is 0.417. The van der Waals surface area contributed by atoms with E-state index in [1.807, 2.05) is 54.9 Å². The number of anilines is 2. The van der Waals surface area contributed by atoms with Crippen molar-refractivity contribution in [2.24, 2.45) is 0 Å². The number of carbonyl (C=O) groups is 1. The minimum atomic E-state index is -0.269. The molecule has 1 saturated heterocycles. The van der Waals surface area contributed by atoms with Crippen LogP contribution in [0.1, 0.15) is 12.6 Å². The van der Waals surface area contributed by atoms with Crippen molar-refractivity contribution in [1.82, 2.24) is 30.0 Å². The number of amides is 2. The molecule has 10 nitrogen and oxygen atoms in total. The Labute approximate surface area is 199 Å². The first kappa shape index (κ1) is 23.5. The summed E-state index contributed by atoms with van der Waals surface area (Å²) in [5, 5.41) is 10.9. The molecule has 2 amide bonds. The monoisotopic (exact) mass is 462 g/mol. The molecule has 2 N–H and O–H groups in total. The van der Waals surface area contributed by atoms with Gasteiger partial charge in [0.1, 0.15) is 11.5 Å². The van der Waals surface area contributed by atoms with Crippen LogP contribution in [0.15, 0.2) is 24.3 Å². The third-order valence-electron chi connectivity index (χ3n) is 5.41. The number of morpholine rings is 1. The molecule has 3 heterocycles. The Kier molecular flexibility index (Phi) is 7.25. The lowest BCUT2D eigenvalue weighted by molar-refractivity contribution is 0.122. The maximum absolute atomic E-state index is 11.6. The SMILES string of the molecule is CCn1nc(C#CCN(C)C)c2c(N3CCOCC3)nc(-c3ccc(NC(=O)NC)cc3)nc21. The highest BCUT2D eigenvalue weighted by molar-refractivity contribution is 5.94. The number of fused-ring (bicyclic) bond motifs is 1. The standard InChI is InChI=1S/C24H30N8O2/c1-5-32-23-20(19(29-32)7-6-12-30(3)4)22(31-13-15-34-16-14-31)27-21(28-23)17-8-10-18(11-9-17)26-24(33)25-2/h8-11H,5,12-16H2,1-4H3,(H2,25,26,33). The first-order valence-electron chi connectivity index (χ1n) is 11.3. The highest BCUT2D eigenvalue weighted by Gasteiger charge is 2.23. The summed E-state index contributed by atoms with van der Waals surface area (Å²) < 4.78 is 7.45. The zero-order chi connectivity index (χ0) is 24.1. The number of nitrogens with zero attached hydrogens (tertiary/aromatic N) is 6. The first-order chi connectivity index (χ1) is 16.5. The minimum Gasteiger partial charge on any atom is -0.378 e. The van der Waals surface area contributed by atoms with Gasteiger partial charge in [0.15, 0.2) is 11.5 Å². The van der Waals surface area contributed by atoms with Crippen molar-refractivity contribution in [3.05, 3.63) is 30.0 Å². The van der Waals surface area contributed by atoms with Gasteiger partial charge in [-0.15, -0.1) is 0 Å². The van der Waals surface area contributed by atoms with E-state index in [1.54, 1.807) is 7.05 Å². The second kappa shape index (κ2) is 10.5. The van der Waals surface area contributed by atoms with Gasteiger partial charge >= 0.3 is 6.03 Å². The van der Waals surface area contributed by atoms with Gasteiger partial charge in [0.2, 0.25) is 0 Å². The molecule has 0 atom stereocenters. The van der Waals surface area contributed by atoms with E-state index >= 15 is 0 Å². The molecule has 1 aromatic carbocycles. The Morgan fingerprint density at radius 3 is 2.56 bits per heavy atom. The van der Waals surface area contributed by atoms with E-state index in [-0.39, 0.29) is 6.03 Å². The van der Waals surface area contributed by atoms with Crippen molar-refractivity contribution >= 4 is 28.6 Å². The summed E-state index contributed by atoms with van der Waals surface area (Å²) >= 11 is 0. The Balaban J connectivity index is 1.82. The van der Waals surface area contributed by atoms with Crippen LogP contribution in [0.25, 0.3) is 22.4 Å². The average molecular weight is 463 g/mol. The van der Waals surface area contributed by atoms with Gasteiger partial charge in [-0.25, -0.2) is 19.4 Å². The predicted molar refractivity (Wildman–Crippen MR) is 133 cm³/mol. The number of ether oxygens (including phenoxy) is 1. The van der Waals surface area contributed by atoms with E-state index in [1.165, 1.54) is 0 Å². The lowest BCUT2D eigenvalue weighted by Crippen LogP contribution is -2.37. The van der Waals surface area contributed by atoms with Crippen LogP contribution < -0.4 is 15.5 Å². The van der Waals surface area contributed by atoms with Crippen molar-refractivity contribution in [3.8, 4) is 23.2 Å². The molecule has 1 aliphatic rings. The summed E-state index contributed by atoms with van der Waals surface area (Å²) in [6.07, 6.45) is 0. The van der Waals surface area contributed by atoms with Crippen molar-refractivity contribution in [1.29, 1.82) is 0 Å². The van der Waals surface area contributed by atoms with Crippen LogP contribution in [0.2, 0.25) is 0 Å². The molecule has 0 aliphatic carbocycles. The molecule has 10 heteroatoms. The molecule has 34 heavy (non-hydrogen) atoms. The largest absolute Gasteiger partial charge is 0.378 e. The second-order valence-electron chi connectivity index (χ2n) is 8.15. The molecule has 1 fully saturated rings. The van der Waals surface area contributed by atoms with Crippen LogP contribution in [0, 0.1) is 11.8 Å². The van der Waals surface area contributed by atoms with Crippen LogP contribution in [-0.4, -0.2) is 84.7 Å². The second-order valence-corrected chi connectivity index (χ2v) is 8.15. The molecule has 0 saturated carbocycles. The van der Waals surface area contributed by atoms with E-state index in [2.05, 4.69) is 27.4 Å². The van der Waals surface area contributed by atoms with Gasteiger partial charge in [-0.3, -0.25) is 4.90 Å². The van der Waals surface area contributed by atoms with E-state index in [9.17, 15) is 4.79 Å². The number of benzene rings is 1. The molecular weight excluding hydrogens is 432 g/mol. The lowest BCUT2D eigenvalue weighted by atomic mass is 10.1. The van der Waals surface area contributed by atoms with Crippen molar-refractivity contribution < 1.29 is 9.53 Å². The highest BCUT2D eigenvalue weighted by Crippen LogP contribution is 2.31. The van der Waals surface area contributed by atoms with Crippen molar-refractivity contribution in [2.75, 3.05) is 64.2 Å². The molecular formula is C24H30N8O2. The van der Waals surface area contributed by atoms with E-state index in [0.717, 1.165) is 35.5 Å². The van der Waals surface area contributed by atoms with Crippen molar-refractivity contribution in [2.45, 2.75) is 13.5 Å². The molecule has 0 unspecified atom stereocenters. The Morgan fingerprint density at radius 1 is 1.18 bits per heavy atom. The molecule has 4 rings (SSSR count). The summed E-state index contributed by atoms with van der Waals surface area (Å²) in [4.78, 5) is 25.7. The molecule has 178 valence electrons. The first-order valence-corrected chi connectivity index (χ1v) is 11.3. The number of urea groups is 1. The zero-order valence-corrected chi connectivity index (χ0v) is 20.1.